The number of ether oxygens (including phenoxy) is 1. The Hall–Kier alpha value is -3.66. The average Bonchev–Trinajstić information content (AvgIpc) is 3.31. The van der Waals surface area contributed by atoms with Gasteiger partial charge >= 0.3 is 5.97 Å². The number of hydrogen-bond donors (Lipinski definition) is 0. The number of aryl methyl sites for hydroxylation is 1. The maximum atomic E-state index is 13.7. The third-order valence-corrected chi connectivity index (χ3v) is 8.22. The molecule has 0 radical (unpaired) electrons. The molecule has 0 unspecified atom stereocenters. The standard InChI is InChI=1S/C31H30ClN3O5S/c1-3-35-28-10-4-21(30(37)27(33-40-20(2)36)12-17-41-24-8-6-23(32)7-9-24)18-25(28)26-19-22(5-11-29(26)35)31(38)34-13-15-39-16-14-34/h4-11,18-19H,3,12-17H2,1-2H3/b33-27+. The Bertz CT molecular complexity index is 1640. The van der Waals surface area contributed by atoms with Crippen molar-refractivity contribution in [2.45, 2.75) is 31.7 Å². The van der Waals surface area contributed by atoms with E-state index in [0.717, 1.165) is 33.2 Å². The largest absolute Gasteiger partial charge is 0.378 e. The predicted molar refractivity (Wildman–Crippen MR) is 162 cm³/mol. The Balaban J connectivity index is 1.46. The van der Waals surface area contributed by atoms with E-state index in [9.17, 15) is 14.4 Å². The minimum atomic E-state index is -0.598. The first-order valence-electron chi connectivity index (χ1n) is 13.5. The molecule has 3 aromatic carbocycles. The van der Waals surface area contributed by atoms with E-state index in [2.05, 4.69) is 16.6 Å². The first-order chi connectivity index (χ1) is 19.9. The van der Waals surface area contributed by atoms with E-state index >= 15 is 0 Å². The molecule has 0 saturated carbocycles. The van der Waals surface area contributed by atoms with Crippen LogP contribution in [0.3, 0.4) is 0 Å². The number of aromatic nitrogens is 1. The zero-order valence-electron chi connectivity index (χ0n) is 22.9. The second kappa shape index (κ2) is 12.9. The number of morpholine rings is 1. The van der Waals surface area contributed by atoms with Crippen molar-refractivity contribution in [2.75, 3.05) is 32.1 Å². The fourth-order valence-corrected chi connectivity index (χ4v) is 5.94. The third-order valence-electron chi connectivity index (χ3n) is 6.96. The van der Waals surface area contributed by atoms with Gasteiger partial charge in [-0.2, -0.15) is 0 Å². The summed E-state index contributed by atoms with van der Waals surface area (Å²) in [6.07, 6.45) is 0.298. The highest BCUT2D eigenvalue weighted by Crippen LogP contribution is 2.31. The smallest absolute Gasteiger partial charge is 0.331 e. The molecule has 0 aliphatic carbocycles. The van der Waals surface area contributed by atoms with Crippen LogP contribution in [0.2, 0.25) is 5.02 Å². The Morgan fingerprint density at radius 3 is 2.22 bits per heavy atom. The molecule has 1 fully saturated rings. The second-order valence-electron chi connectivity index (χ2n) is 9.62. The van der Waals surface area contributed by atoms with E-state index in [1.165, 1.54) is 6.92 Å². The molecule has 10 heteroatoms. The molecular formula is C31H30ClN3O5S. The van der Waals surface area contributed by atoms with Crippen LogP contribution >= 0.6 is 23.4 Å². The lowest BCUT2D eigenvalue weighted by Crippen LogP contribution is -2.40. The maximum absolute atomic E-state index is 13.7. The molecule has 0 spiro atoms. The molecule has 5 rings (SSSR count). The van der Waals surface area contributed by atoms with Crippen molar-refractivity contribution in [1.29, 1.82) is 0 Å². The summed E-state index contributed by atoms with van der Waals surface area (Å²) < 4.78 is 7.56. The van der Waals surface area contributed by atoms with Gasteiger partial charge in [0.25, 0.3) is 5.91 Å². The van der Waals surface area contributed by atoms with Gasteiger partial charge in [0.15, 0.2) is 0 Å². The molecule has 8 nitrogen and oxygen atoms in total. The Morgan fingerprint density at radius 2 is 1.59 bits per heavy atom. The van der Waals surface area contributed by atoms with E-state index in [1.807, 2.05) is 54.6 Å². The number of rotatable bonds is 9. The number of benzene rings is 3. The molecular weight excluding hydrogens is 562 g/mol. The van der Waals surface area contributed by atoms with E-state index < -0.39 is 5.97 Å². The number of halogens is 1. The summed E-state index contributed by atoms with van der Waals surface area (Å²) in [6, 6.07) is 18.7. The zero-order chi connectivity index (χ0) is 28.9. The molecule has 212 valence electrons. The average molecular weight is 592 g/mol. The highest BCUT2D eigenvalue weighted by atomic mass is 35.5. The molecule has 1 aliphatic heterocycles. The van der Waals surface area contributed by atoms with E-state index in [-0.39, 0.29) is 17.4 Å². The summed E-state index contributed by atoms with van der Waals surface area (Å²) in [5.74, 6) is -0.395. The Morgan fingerprint density at radius 1 is 0.951 bits per heavy atom. The Labute approximate surface area is 247 Å². The number of nitrogens with zero attached hydrogens (tertiary/aromatic N) is 3. The van der Waals surface area contributed by atoms with E-state index in [1.54, 1.807) is 22.7 Å². The van der Waals surface area contributed by atoms with Gasteiger partial charge in [-0.3, -0.25) is 9.59 Å². The number of thioether (sulfide) groups is 1. The number of Topliss-reactive ketones (excluding diaryl/α,β-unsaturated/α-hetero) is 1. The van der Waals surface area contributed by atoms with Crippen LogP contribution < -0.4 is 0 Å². The van der Waals surface area contributed by atoms with Crippen molar-refractivity contribution in [3.63, 3.8) is 0 Å². The molecule has 0 N–H and O–H groups in total. The van der Waals surface area contributed by atoms with Crippen molar-refractivity contribution in [2.24, 2.45) is 5.16 Å². The van der Waals surface area contributed by atoms with E-state index in [0.29, 0.717) is 54.6 Å². The van der Waals surface area contributed by atoms with Crippen LogP contribution in [0.15, 0.2) is 70.7 Å². The third kappa shape index (κ3) is 6.48. The van der Waals surface area contributed by atoms with Crippen molar-refractivity contribution < 1.29 is 24.0 Å². The van der Waals surface area contributed by atoms with Gasteiger partial charge in [0.05, 0.1) is 13.2 Å². The summed E-state index contributed by atoms with van der Waals surface area (Å²) >= 11 is 7.53. The van der Waals surface area contributed by atoms with Crippen LogP contribution in [0.25, 0.3) is 21.8 Å². The molecule has 1 aliphatic rings. The van der Waals surface area contributed by atoms with Gasteiger partial charge in [0.1, 0.15) is 5.71 Å². The zero-order valence-corrected chi connectivity index (χ0v) is 24.5. The van der Waals surface area contributed by atoms with Crippen LogP contribution in [0.5, 0.6) is 0 Å². The highest BCUT2D eigenvalue weighted by molar-refractivity contribution is 7.99. The molecule has 4 aromatic rings. The van der Waals surface area contributed by atoms with Crippen LogP contribution in [-0.2, 0) is 20.9 Å². The van der Waals surface area contributed by atoms with Crippen LogP contribution in [0.1, 0.15) is 41.0 Å². The molecule has 0 bridgehead atoms. The van der Waals surface area contributed by atoms with Gasteiger partial charge in [0.2, 0.25) is 5.78 Å². The minimum absolute atomic E-state index is 0.0335. The molecule has 0 atom stereocenters. The predicted octanol–water partition coefficient (Wildman–Crippen LogP) is 6.22. The van der Waals surface area contributed by atoms with Gasteiger partial charge in [-0.25, -0.2) is 4.79 Å². The monoisotopic (exact) mass is 591 g/mol. The van der Waals surface area contributed by atoms with Crippen LogP contribution in [-0.4, -0.2) is 64.9 Å². The van der Waals surface area contributed by atoms with Gasteiger partial charge in [-0.15, -0.1) is 11.8 Å². The second-order valence-corrected chi connectivity index (χ2v) is 11.2. The first kappa shape index (κ1) is 28.9. The summed E-state index contributed by atoms with van der Waals surface area (Å²) in [6.45, 7) is 6.22. The van der Waals surface area contributed by atoms with Crippen molar-refractivity contribution in [3.8, 4) is 0 Å². The normalized spacial score (nSPS) is 14.0. The minimum Gasteiger partial charge on any atom is -0.378 e. The number of fused-ring (bicyclic) bond motifs is 3. The maximum Gasteiger partial charge on any atom is 0.331 e. The summed E-state index contributed by atoms with van der Waals surface area (Å²) in [7, 11) is 0. The summed E-state index contributed by atoms with van der Waals surface area (Å²) in [5.41, 5.74) is 3.14. The fraction of sp³-hybridized carbons (Fsp3) is 0.290. The lowest BCUT2D eigenvalue weighted by Gasteiger charge is -2.26. The molecule has 1 saturated heterocycles. The SMILES string of the molecule is CCn1c2ccc(C(=O)/C(CCSc3ccc(Cl)cc3)=N/OC(C)=O)cc2c2cc(C(=O)N3CCOCC3)ccc21. The van der Waals surface area contributed by atoms with Crippen molar-refractivity contribution in [3.05, 3.63) is 76.8 Å². The van der Waals surface area contributed by atoms with Crippen molar-refractivity contribution >= 4 is 68.5 Å². The number of carbonyl (C=O) groups excluding carboxylic acids is 3. The van der Waals surface area contributed by atoms with Crippen LogP contribution in [0.4, 0.5) is 0 Å². The molecule has 2 heterocycles. The highest BCUT2D eigenvalue weighted by Gasteiger charge is 2.22. The first-order valence-corrected chi connectivity index (χ1v) is 14.8. The fourth-order valence-electron chi connectivity index (χ4n) is 4.95. The number of amides is 1. The number of oxime groups is 1. The van der Waals surface area contributed by atoms with Crippen LogP contribution in [0, 0.1) is 0 Å². The number of ketones is 1. The van der Waals surface area contributed by atoms with Gasteiger partial charge < -0.3 is 19.0 Å². The lowest BCUT2D eigenvalue weighted by atomic mass is 10.0. The van der Waals surface area contributed by atoms with E-state index in [4.69, 9.17) is 21.2 Å². The summed E-state index contributed by atoms with van der Waals surface area (Å²) in [4.78, 5) is 46.1. The number of carbonyl (C=O) groups is 3. The quantitative estimate of drug-likeness (QED) is 0.0754. The lowest BCUT2D eigenvalue weighted by molar-refractivity contribution is -0.140. The van der Waals surface area contributed by atoms with Gasteiger partial charge in [-0.1, -0.05) is 16.8 Å². The topological polar surface area (TPSA) is 90.2 Å². The molecule has 41 heavy (non-hydrogen) atoms. The van der Waals surface area contributed by atoms with Gasteiger partial charge in [0, 0.05) is 81.6 Å². The Kier molecular flexibility index (Phi) is 9.07. The van der Waals surface area contributed by atoms with Crippen molar-refractivity contribution in [1.82, 2.24) is 9.47 Å². The summed E-state index contributed by atoms with van der Waals surface area (Å²) in [5, 5.41) is 6.33. The number of hydrogen-bond acceptors (Lipinski definition) is 7. The molecule has 1 amide bonds. The molecule has 1 aromatic heterocycles. The van der Waals surface area contributed by atoms with Gasteiger partial charge in [-0.05, 0) is 67.6 Å².